The number of hydrogen-bond acceptors (Lipinski definition) is 11. The van der Waals surface area contributed by atoms with Crippen molar-refractivity contribution in [2.24, 2.45) is 5.92 Å². The van der Waals surface area contributed by atoms with Gasteiger partial charge >= 0.3 is 13.5 Å². The van der Waals surface area contributed by atoms with Crippen LogP contribution in [0.15, 0.2) is 131 Å². The fraction of sp³-hybridized carbons (Fsp3) is 0.375. The van der Waals surface area contributed by atoms with Gasteiger partial charge in [0, 0.05) is 102 Å². The lowest BCUT2D eigenvalue weighted by atomic mass is 9.96. The molecule has 0 radical (unpaired) electrons. The number of carbonyl (C=O) groups is 1. The molecule has 17 heteroatoms. The number of likely N-dealkylation sites (tertiary alicyclic amines) is 1. The second-order valence-electron chi connectivity index (χ2n) is 19.7. The fourth-order valence-electron chi connectivity index (χ4n) is 10.6. The van der Waals surface area contributed by atoms with Crippen molar-refractivity contribution in [2.45, 2.75) is 61.9 Å². The van der Waals surface area contributed by atoms with E-state index in [1.54, 1.807) is 28.6 Å². The number of carboxylic acid groups (broad SMARTS) is 1. The molecule has 3 N–H and O–H groups in total. The number of aromatic carboxylic acids is 1. The monoisotopic (exact) mass is 1060 g/mol. The van der Waals surface area contributed by atoms with E-state index in [1.807, 2.05) is 85.8 Å². The summed E-state index contributed by atoms with van der Waals surface area (Å²) in [6, 6.07) is 38.9. The van der Waals surface area contributed by atoms with E-state index in [4.69, 9.17) is 16.1 Å². The van der Waals surface area contributed by atoms with E-state index in [2.05, 4.69) is 62.7 Å². The average Bonchev–Trinajstić information content (AvgIpc) is 3.95. The summed E-state index contributed by atoms with van der Waals surface area (Å²) in [5.74, 6) is 0.101. The van der Waals surface area contributed by atoms with Crippen molar-refractivity contribution in [1.29, 1.82) is 0 Å². The van der Waals surface area contributed by atoms with Crippen molar-refractivity contribution in [3.8, 4) is 22.4 Å². The molecule has 0 bridgehead atoms. The number of piperidine rings is 1. The van der Waals surface area contributed by atoms with Gasteiger partial charge in [-0.25, -0.2) is 13.2 Å². The highest BCUT2D eigenvalue weighted by Gasteiger charge is 2.41. The Kier molecular flexibility index (Phi) is 16.4. The highest BCUT2D eigenvalue weighted by atomic mass is 35.5. The summed E-state index contributed by atoms with van der Waals surface area (Å²) in [7, 11) is -7.46. The van der Waals surface area contributed by atoms with E-state index < -0.39 is 23.3 Å². The van der Waals surface area contributed by atoms with Gasteiger partial charge in [-0.2, -0.15) is 0 Å². The molecule has 73 heavy (non-hydrogen) atoms. The number of nitrogens with one attached hydrogen (secondary N) is 1. The Hall–Kier alpha value is -5.25. The topological polar surface area (TPSA) is 148 Å². The Labute approximate surface area is 439 Å². The fourth-order valence-corrected chi connectivity index (χ4v) is 14.9. The molecular weight excluding hydrogens is 999 g/mol. The first-order valence-corrected chi connectivity index (χ1v) is 30.0. The number of benzene rings is 5. The minimum absolute atomic E-state index is 0.0174. The maximum atomic E-state index is 15.0. The van der Waals surface area contributed by atoms with Gasteiger partial charge in [0.1, 0.15) is 0 Å². The van der Waals surface area contributed by atoms with E-state index in [0.29, 0.717) is 45.3 Å². The van der Waals surface area contributed by atoms with Crippen LogP contribution in [0.3, 0.4) is 0 Å². The molecule has 0 saturated carbocycles. The van der Waals surface area contributed by atoms with Crippen molar-refractivity contribution in [1.82, 2.24) is 9.47 Å². The molecule has 1 aromatic heterocycles. The molecule has 3 fully saturated rings. The van der Waals surface area contributed by atoms with E-state index >= 15 is 4.57 Å². The zero-order valence-corrected chi connectivity index (χ0v) is 45.3. The predicted molar refractivity (Wildman–Crippen MR) is 299 cm³/mol. The van der Waals surface area contributed by atoms with Gasteiger partial charge in [-0.3, -0.25) is 9.24 Å². The van der Waals surface area contributed by atoms with Gasteiger partial charge in [0.2, 0.25) is 0 Å². The first-order valence-electron chi connectivity index (χ1n) is 25.2. The largest absolute Gasteiger partial charge is 0.478 e. The van der Waals surface area contributed by atoms with E-state index in [0.717, 1.165) is 110 Å². The van der Waals surface area contributed by atoms with Gasteiger partial charge in [-0.1, -0.05) is 54.1 Å². The van der Waals surface area contributed by atoms with Crippen LogP contribution >= 0.6 is 30.9 Å². The van der Waals surface area contributed by atoms with Crippen LogP contribution in [-0.4, -0.2) is 118 Å². The number of rotatable bonds is 18. The van der Waals surface area contributed by atoms with Crippen LogP contribution < -0.4 is 25.1 Å². The minimum Gasteiger partial charge on any atom is -0.478 e. The summed E-state index contributed by atoms with van der Waals surface area (Å²) in [4.78, 5) is 21.2. The number of carboxylic acids is 1. The number of nitrogens with zero attached hydrogens (tertiary/aromatic N) is 5. The van der Waals surface area contributed by atoms with Crippen LogP contribution in [0, 0.1) is 12.8 Å². The number of aliphatic hydroxyl groups is 1. The molecule has 9 rings (SSSR count). The van der Waals surface area contributed by atoms with Crippen LogP contribution in [0.25, 0.3) is 22.4 Å². The van der Waals surface area contributed by atoms with Gasteiger partial charge in [0.15, 0.2) is 9.84 Å². The van der Waals surface area contributed by atoms with Crippen LogP contribution in [0.2, 0.25) is 5.02 Å². The zero-order chi connectivity index (χ0) is 51.4. The highest BCUT2D eigenvalue weighted by molar-refractivity contribution is 7.99. The van der Waals surface area contributed by atoms with Crippen LogP contribution in [0.4, 0.5) is 22.7 Å². The summed E-state index contributed by atoms with van der Waals surface area (Å²) >= 11 is 8.02. The van der Waals surface area contributed by atoms with Gasteiger partial charge < -0.3 is 39.3 Å². The van der Waals surface area contributed by atoms with Crippen molar-refractivity contribution in [3.63, 3.8) is 0 Å². The van der Waals surface area contributed by atoms with Crippen LogP contribution in [-0.2, 0) is 18.9 Å². The maximum absolute atomic E-state index is 15.0. The molecule has 13 nitrogen and oxygen atoms in total. The molecule has 0 amide bonds. The third-order valence-electron chi connectivity index (χ3n) is 14.5. The van der Waals surface area contributed by atoms with E-state index in [-0.39, 0.29) is 30.2 Å². The number of sulfone groups is 1. The number of aromatic nitrogens is 1. The number of halogens is 1. The quantitative estimate of drug-likeness (QED) is 0.0555. The predicted octanol–water partition coefficient (Wildman–Crippen LogP) is 10.8. The molecule has 386 valence electrons. The van der Waals surface area contributed by atoms with Crippen molar-refractivity contribution in [2.75, 3.05) is 97.4 Å². The Morgan fingerprint density at radius 2 is 1.49 bits per heavy atom. The molecule has 3 saturated heterocycles. The first-order chi connectivity index (χ1) is 35.1. The molecule has 6 aromatic rings. The number of hydrogen-bond donors (Lipinski definition) is 3. The van der Waals surface area contributed by atoms with Crippen LogP contribution in [0.1, 0.15) is 55.2 Å². The molecular formula is C56H66ClN6O7PS2. The normalized spacial score (nSPS) is 18.4. The molecule has 0 aliphatic carbocycles. The summed E-state index contributed by atoms with van der Waals surface area (Å²) in [5, 5.41) is 24.8. The summed E-state index contributed by atoms with van der Waals surface area (Å²) < 4.78 is 52.1. The SMILES string of the molecule is Cc1c(C(=O)O)c(-c2cccc(N3CCN(c4ccc(N5CCO[P@@]5(=O)c5ccc(NC(CCN6CCC(CO)CC6)CSc6ccccc6)c(S(C)(=O)=O)c5)cc4)CC3)c2)c(-c2ccc(Cl)cc2)n1C(C)C. The lowest BCUT2D eigenvalue weighted by Gasteiger charge is -2.37. The van der Waals surface area contributed by atoms with Crippen LogP contribution in [0.5, 0.6) is 0 Å². The van der Waals surface area contributed by atoms with Gasteiger partial charge in [0.05, 0.1) is 40.3 Å². The lowest BCUT2D eigenvalue weighted by Crippen LogP contribution is -2.46. The van der Waals surface area contributed by atoms with Crippen molar-refractivity contribution >= 4 is 74.7 Å². The number of piperazine rings is 1. The summed E-state index contributed by atoms with van der Waals surface area (Å²) in [5.41, 5.74) is 7.52. The van der Waals surface area contributed by atoms with Gasteiger partial charge in [-0.15, -0.1) is 11.8 Å². The number of thioether (sulfide) groups is 1. The third kappa shape index (κ3) is 11.7. The molecule has 5 aromatic carbocycles. The molecule has 1 unspecified atom stereocenters. The zero-order valence-electron chi connectivity index (χ0n) is 42.0. The molecule has 4 heterocycles. The van der Waals surface area contributed by atoms with Gasteiger partial charge in [0.25, 0.3) is 0 Å². The van der Waals surface area contributed by atoms with Crippen molar-refractivity contribution < 1.29 is 32.5 Å². The Bertz CT molecular complexity index is 3050. The summed E-state index contributed by atoms with van der Waals surface area (Å²) in [6.45, 7) is 12.5. The second kappa shape index (κ2) is 22.7. The molecule has 2 atom stereocenters. The third-order valence-corrected chi connectivity index (χ3v) is 19.6. The first kappa shape index (κ1) is 52.6. The van der Waals surface area contributed by atoms with E-state index in [1.165, 1.54) is 12.3 Å². The average molecular weight is 1070 g/mol. The smallest absolute Gasteiger partial charge is 0.338 e. The lowest BCUT2D eigenvalue weighted by molar-refractivity contribution is 0.0696. The minimum atomic E-state index is -3.76. The molecule has 3 aliphatic rings. The molecule has 0 spiro atoms. The second-order valence-corrected chi connectivity index (χ2v) is 25.5. The summed E-state index contributed by atoms with van der Waals surface area (Å²) in [6.07, 6.45) is 3.92. The Balaban J connectivity index is 0.893. The number of aliphatic hydroxyl groups excluding tert-OH is 1. The Morgan fingerprint density at radius 1 is 0.822 bits per heavy atom. The number of anilines is 4. The van der Waals surface area contributed by atoms with Gasteiger partial charge in [-0.05, 0) is 149 Å². The van der Waals surface area contributed by atoms with Crippen molar-refractivity contribution in [3.05, 3.63) is 138 Å². The molecule has 3 aliphatic heterocycles. The Morgan fingerprint density at radius 3 is 2.14 bits per heavy atom. The highest BCUT2D eigenvalue weighted by Crippen LogP contribution is 2.56. The van der Waals surface area contributed by atoms with E-state index in [9.17, 15) is 23.4 Å². The standard InChI is InChI=1S/C56H66ClN6O7PS2/c1-39(2)63-40(3)53(56(65)66)54(55(63)42-13-15-44(57)16-14-42)43-9-8-10-48(35-43)61-31-29-60(30-32-61)46-17-19-47(20-18-46)62-33-34-70-71(62,67)49-21-22-51(52(36-49)73(4,68)69)58-45(38-72-50-11-6-5-7-12-50)25-28-59-26-23-41(37-64)24-27-59/h5-22,35-36,39,41,45,58,64H,23-34,37-38H2,1-4H3,(H,65,66)/t45?,71-/m0/s1. The maximum Gasteiger partial charge on any atom is 0.338 e.